The topological polar surface area (TPSA) is 113 Å². The summed E-state index contributed by atoms with van der Waals surface area (Å²) in [7, 11) is -3.79. The standard InChI is InChI=1S/C24H29N3O5S2/c1-7-10-32-20-8-9-27(19(14(20)2)13-33-34(29,30)31)22-25-17-11-15-16(12-18(17)26-22)24(5,6)21(28)23(15,3)4/h8-9,11-12H,7,10,13H2,1-6H3,(H-,25,26,29,30,31)/p+1. The van der Waals surface area contributed by atoms with Gasteiger partial charge in [-0.3, -0.25) is 9.35 Å². The van der Waals surface area contributed by atoms with Crippen molar-refractivity contribution in [2.75, 3.05) is 6.61 Å². The summed E-state index contributed by atoms with van der Waals surface area (Å²) in [6, 6.07) is 5.79. The number of nitrogens with zero attached hydrogens (tertiary/aromatic N) is 2. The monoisotopic (exact) mass is 504 g/mol. The van der Waals surface area contributed by atoms with E-state index in [1.54, 1.807) is 10.8 Å². The number of ether oxygens (including phenoxy) is 1. The molecular formula is C24H30N3O5S2+. The van der Waals surface area contributed by atoms with Gasteiger partial charge in [0.1, 0.15) is 17.0 Å². The Morgan fingerprint density at radius 3 is 2.44 bits per heavy atom. The largest absolute Gasteiger partial charge is 0.493 e. The van der Waals surface area contributed by atoms with Crippen LogP contribution in [-0.4, -0.2) is 35.3 Å². The molecule has 2 N–H and O–H groups in total. The van der Waals surface area contributed by atoms with Crippen LogP contribution in [0.5, 0.6) is 5.75 Å². The highest BCUT2D eigenvalue weighted by molar-refractivity contribution is 8.69. The van der Waals surface area contributed by atoms with Crippen molar-refractivity contribution in [3.05, 3.63) is 46.8 Å². The van der Waals surface area contributed by atoms with Crippen molar-refractivity contribution in [1.82, 2.24) is 9.97 Å². The van der Waals surface area contributed by atoms with Crippen LogP contribution >= 0.6 is 10.8 Å². The molecule has 182 valence electrons. The minimum Gasteiger partial charge on any atom is -0.493 e. The summed E-state index contributed by atoms with van der Waals surface area (Å²) in [5.41, 5.74) is 3.66. The molecule has 0 atom stereocenters. The number of fused-ring (bicyclic) bond motifs is 2. The maximum Gasteiger partial charge on any atom is 0.402 e. The van der Waals surface area contributed by atoms with Crippen LogP contribution in [0.2, 0.25) is 0 Å². The minimum atomic E-state index is -4.23. The van der Waals surface area contributed by atoms with Gasteiger partial charge in [0, 0.05) is 33.3 Å². The van der Waals surface area contributed by atoms with Gasteiger partial charge in [-0.05, 0) is 64.3 Å². The Morgan fingerprint density at radius 1 is 1.18 bits per heavy atom. The molecule has 2 aromatic heterocycles. The zero-order valence-corrected chi connectivity index (χ0v) is 21.9. The van der Waals surface area contributed by atoms with Gasteiger partial charge in [-0.15, -0.1) is 0 Å². The van der Waals surface area contributed by atoms with Crippen molar-refractivity contribution < 1.29 is 27.1 Å². The normalized spacial score (nSPS) is 16.7. The lowest BCUT2D eigenvalue weighted by Crippen LogP contribution is -2.37. The van der Waals surface area contributed by atoms with Crippen LogP contribution in [0.25, 0.3) is 17.0 Å². The van der Waals surface area contributed by atoms with E-state index in [0.717, 1.165) is 34.1 Å². The number of carbonyl (C=O) groups excluding carboxylic acids is 1. The third-order valence-electron chi connectivity index (χ3n) is 6.59. The van der Waals surface area contributed by atoms with Crippen LogP contribution in [0.15, 0.2) is 24.4 Å². The first-order chi connectivity index (χ1) is 15.8. The molecule has 8 nitrogen and oxygen atoms in total. The second-order valence-electron chi connectivity index (χ2n) is 9.71. The maximum atomic E-state index is 13.0. The maximum absolute atomic E-state index is 13.0. The Morgan fingerprint density at radius 2 is 1.82 bits per heavy atom. The zero-order chi connectivity index (χ0) is 25.1. The van der Waals surface area contributed by atoms with E-state index in [0.29, 0.717) is 34.8 Å². The number of hydrogen-bond donors (Lipinski definition) is 2. The Hall–Kier alpha value is -2.43. The molecule has 0 spiro atoms. The quantitative estimate of drug-likeness (QED) is 0.283. The fourth-order valence-electron chi connectivity index (χ4n) is 4.77. The number of pyridine rings is 1. The number of imidazole rings is 1. The van der Waals surface area contributed by atoms with Gasteiger partial charge in [0.2, 0.25) is 0 Å². The zero-order valence-electron chi connectivity index (χ0n) is 20.2. The summed E-state index contributed by atoms with van der Waals surface area (Å²) >= 11 is 0. The number of H-pyrrole nitrogens is 1. The summed E-state index contributed by atoms with van der Waals surface area (Å²) in [4.78, 5) is 21.1. The first-order valence-corrected chi connectivity index (χ1v) is 14.1. The number of benzene rings is 1. The molecular weight excluding hydrogens is 474 g/mol. The van der Waals surface area contributed by atoms with Gasteiger partial charge in [0.05, 0.1) is 18.6 Å². The predicted molar refractivity (Wildman–Crippen MR) is 132 cm³/mol. The number of rotatable bonds is 7. The highest BCUT2D eigenvalue weighted by Crippen LogP contribution is 2.47. The van der Waals surface area contributed by atoms with Gasteiger partial charge in [0.25, 0.3) is 0 Å². The molecule has 0 bridgehead atoms. The van der Waals surface area contributed by atoms with E-state index >= 15 is 0 Å². The molecule has 34 heavy (non-hydrogen) atoms. The number of ketones is 1. The third-order valence-corrected chi connectivity index (χ3v) is 8.53. The molecule has 10 heteroatoms. The highest BCUT2D eigenvalue weighted by atomic mass is 33.1. The molecule has 0 fully saturated rings. The van der Waals surface area contributed by atoms with Crippen molar-refractivity contribution in [3.8, 4) is 11.7 Å². The summed E-state index contributed by atoms with van der Waals surface area (Å²) in [6.07, 6.45) is 2.62. The Labute approximate surface area is 203 Å². The van der Waals surface area contributed by atoms with Crippen molar-refractivity contribution in [1.29, 1.82) is 0 Å². The van der Waals surface area contributed by atoms with Crippen molar-refractivity contribution in [3.63, 3.8) is 0 Å². The number of nitrogens with one attached hydrogen (secondary N) is 1. The summed E-state index contributed by atoms with van der Waals surface area (Å²) in [6.45, 7) is 12.2. The minimum absolute atomic E-state index is 0.0100. The summed E-state index contributed by atoms with van der Waals surface area (Å²) in [5.74, 6) is 1.36. The SMILES string of the molecule is CCCOc1cc[n+](-c2nc3cc4c(cc3[nH]2)C(C)(C)C(=O)C4(C)C)c(CSS(=O)(=O)O)c1C. The average Bonchev–Trinajstić information content (AvgIpc) is 3.22. The van der Waals surface area contributed by atoms with Crippen molar-refractivity contribution in [2.45, 2.75) is 64.5 Å². The van der Waals surface area contributed by atoms with Crippen LogP contribution in [-0.2, 0) is 30.5 Å². The van der Waals surface area contributed by atoms with Gasteiger partial charge in [-0.1, -0.05) is 11.9 Å². The summed E-state index contributed by atoms with van der Waals surface area (Å²) < 4.78 is 39.8. The van der Waals surface area contributed by atoms with Crippen LogP contribution in [0, 0.1) is 6.92 Å². The van der Waals surface area contributed by atoms with Crippen molar-refractivity contribution in [2.24, 2.45) is 0 Å². The molecule has 0 amide bonds. The van der Waals surface area contributed by atoms with Crippen LogP contribution in [0.3, 0.4) is 0 Å². The molecule has 4 rings (SSSR count). The molecule has 0 saturated heterocycles. The molecule has 0 aliphatic heterocycles. The van der Waals surface area contributed by atoms with E-state index in [-0.39, 0.29) is 11.5 Å². The lowest BCUT2D eigenvalue weighted by Gasteiger charge is -2.21. The molecule has 1 aliphatic carbocycles. The first-order valence-electron chi connectivity index (χ1n) is 11.2. The van der Waals surface area contributed by atoms with Crippen LogP contribution in [0.4, 0.5) is 0 Å². The van der Waals surface area contributed by atoms with Gasteiger partial charge in [-0.25, -0.2) is 9.55 Å². The fraction of sp³-hybridized carbons (Fsp3) is 0.458. The van der Waals surface area contributed by atoms with E-state index in [1.807, 2.05) is 59.7 Å². The highest BCUT2D eigenvalue weighted by Gasteiger charge is 2.50. The lowest BCUT2D eigenvalue weighted by molar-refractivity contribution is -0.610. The number of aromatic nitrogens is 3. The second kappa shape index (κ2) is 8.35. The molecule has 0 saturated carbocycles. The smallest absolute Gasteiger partial charge is 0.402 e. The third kappa shape index (κ3) is 4.12. The molecule has 1 aliphatic rings. The lowest BCUT2D eigenvalue weighted by atomic mass is 9.80. The molecule has 1 aromatic carbocycles. The van der Waals surface area contributed by atoms with Gasteiger partial charge in [-0.2, -0.15) is 8.42 Å². The number of aromatic amines is 1. The van der Waals surface area contributed by atoms with Gasteiger partial charge >= 0.3 is 15.1 Å². The Kier molecular flexibility index (Phi) is 6.06. The Balaban J connectivity index is 1.86. The van der Waals surface area contributed by atoms with Crippen LogP contribution in [0.1, 0.15) is 63.4 Å². The fourth-order valence-corrected chi connectivity index (χ4v) is 6.17. The van der Waals surface area contributed by atoms with Crippen molar-refractivity contribution >= 4 is 36.8 Å². The first kappa shape index (κ1) is 24.7. The van der Waals surface area contributed by atoms with E-state index in [2.05, 4.69) is 4.98 Å². The average molecular weight is 505 g/mol. The van der Waals surface area contributed by atoms with Gasteiger partial charge < -0.3 is 4.74 Å². The van der Waals surface area contributed by atoms with E-state index in [4.69, 9.17) is 9.72 Å². The van der Waals surface area contributed by atoms with E-state index in [1.165, 1.54) is 0 Å². The second-order valence-corrected chi connectivity index (χ2v) is 13.1. The van der Waals surface area contributed by atoms with E-state index in [9.17, 15) is 17.8 Å². The van der Waals surface area contributed by atoms with E-state index < -0.39 is 20.0 Å². The predicted octanol–water partition coefficient (Wildman–Crippen LogP) is 4.11. The molecule has 0 unspecified atom stereocenters. The number of Topliss-reactive ketones (excluding diaryl/α,β-unsaturated/α-hetero) is 1. The molecule has 0 radical (unpaired) electrons. The number of hydrogen-bond acceptors (Lipinski definition) is 6. The Bertz CT molecular complexity index is 1350. The van der Waals surface area contributed by atoms with Gasteiger partial charge in [0.15, 0.2) is 11.3 Å². The van der Waals surface area contributed by atoms with Crippen LogP contribution < -0.4 is 9.30 Å². The molecule has 3 aromatic rings. The summed E-state index contributed by atoms with van der Waals surface area (Å²) in [5, 5.41) is 0. The number of carbonyl (C=O) groups is 1. The molecule has 2 heterocycles.